The first-order valence-electron chi connectivity index (χ1n) is 5.73. The Morgan fingerprint density at radius 3 is 2.50 bits per heavy atom. The van der Waals surface area contributed by atoms with E-state index in [2.05, 4.69) is 24.9 Å². The normalized spacial score (nSPS) is 17.0. The number of hydrogen-bond acceptors (Lipinski definition) is 1. The van der Waals surface area contributed by atoms with Gasteiger partial charge < -0.3 is 0 Å². The summed E-state index contributed by atoms with van der Waals surface area (Å²) < 4.78 is 0. The monoisotopic (exact) mass is 189 g/mol. The SMILES string of the molecule is Cc1cc(C)c2c(n1)CCCCCC2. The van der Waals surface area contributed by atoms with E-state index in [0.29, 0.717) is 0 Å². The molecule has 1 nitrogen and oxygen atoms in total. The maximum Gasteiger partial charge on any atom is 0.0441 e. The fraction of sp³-hybridized carbons (Fsp3) is 0.615. The molecule has 76 valence electrons. The molecule has 0 N–H and O–H groups in total. The second-order valence-corrected chi connectivity index (χ2v) is 4.42. The van der Waals surface area contributed by atoms with Crippen LogP contribution < -0.4 is 0 Å². The van der Waals surface area contributed by atoms with Crippen molar-refractivity contribution in [1.82, 2.24) is 4.98 Å². The van der Waals surface area contributed by atoms with Crippen LogP contribution >= 0.6 is 0 Å². The fourth-order valence-corrected chi connectivity index (χ4v) is 2.44. The Kier molecular flexibility index (Phi) is 2.85. The Bertz CT molecular complexity index is 328. The van der Waals surface area contributed by atoms with Gasteiger partial charge in [-0.05, 0) is 56.7 Å². The molecule has 0 aromatic carbocycles. The van der Waals surface area contributed by atoms with Crippen LogP contribution in [0.5, 0.6) is 0 Å². The molecule has 0 saturated heterocycles. The lowest BCUT2D eigenvalue weighted by atomic mass is 9.94. The molecule has 1 heteroatoms. The highest BCUT2D eigenvalue weighted by Crippen LogP contribution is 2.22. The maximum absolute atomic E-state index is 4.68. The molecule has 0 radical (unpaired) electrons. The summed E-state index contributed by atoms with van der Waals surface area (Å²) in [6.07, 6.45) is 7.88. The zero-order valence-corrected chi connectivity index (χ0v) is 9.27. The second-order valence-electron chi connectivity index (χ2n) is 4.42. The smallest absolute Gasteiger partial charge is 0.0441 e. The number of aromatic nitrogens is 1. The molecule has 0 fully saturated rings. The summed E-state index contributed by atoms with van der Waals surface area (Å²) in [6.45, 7) is 4.33. The van der Waals surface area contributed by atoms with Crippen molar-refractivity contribution in [1.29, 1.82) is 0 Å². The number of aryl methyl sites for hydroxylation is 3. The standard InChI is InChI=1S/C13H19N/c1-10-9-11(2)14-13-8-6-4-3-5-7-12(10)13/h9H,3-8H2,1-2H3. The van der Waals surface area contributed by atoms with Gasteiger partial charge in [0.05, 0.1) is 0 Å². The van der Waals surface area contributed by atoms with E-state index in [-0.39, 0.29) is 0 Å². The predicted molar refractivity (Wildman–Crippen MR) is 59.6 cm³/mol. The quantitative estimate of drug-likeness (QED) is 0.610. The van der Waals surface area contributed by atoms with Gasteiger partial charge in [0, 0.05) is 11.4 Å². The van der Waals surface area contributed by atoms with Gasteiger partial charge in [0.15, 0.2) is 0 Å². The van der Waals surface area contributed by atoms with E-state index >= 15 is 0 Å². The Balaban J connectivity index is 2.39. The summed E-state index contributed by atoms with van der Waals surface area (Å²) in [7, 11) is 0. The van der Waals surface area contributed by atoms with E-state index in [0.717, 1.165) is 0 Å². The third kappa shape index (κ3) is 1.97. The lowest BCUT2D eigenvalue weighted by molar-refractivity contribution is 0.606. The van der Waals surface area contributed by atoms with Gasteiger partial charge in [-0.15, -0.1) is 0 Å². The zero-order chi connectivity index (χ0) is 9.97. The first kappa shape index (κ1) is 9.70. The van der Waals surface area contributed by atoms with E-state index in [1.165, 1.54) is 61.0 Å². The van der Waals surface area contributed by atoms with Crippen LogP contribution in [-0.2, 0) is 12.8 Å². The lowest BCUT2D eigenvalue weighted by Crippen LogP contribution is -2.05. The number of rotatable bonds is 0. The van der Waals surface area contributed by atoms with E-state index < -0.39 is 0 Å². The van der Waals surface area contributed by atoms with E-state index in [1.54, 1.807) is 0 Å². The van der Waals surface area contributed by atoms with Gasteiger partial charge >= 0.3 is 0 Å². The topological polar surface area (TPSA) is 12.9 Å². The maximum atomic E-state index is 4.68. The van der Waals surface area contributed by atoms with Gasteiger partial charge in [-0.3, -0.25) is 4.98 Å². The zero-order valence-electron chi connectivity index (χ0n) is 9.27. The van der Waals surface area contributed by atoms with Crippen molar-refractivity contribution in [3.05, 3.63) is 28.6 Å². The number of nitrogens with zero attached hydrogens (tertiary/aromatic N) is 1. The minimum atomic E-state index is 1.18. The second kappa shape index (κ2) is 4.12. The van der Waals surface area contributed by atoms with Crippen molar-refractivity contribution in [2.24, 2.45) is 0 Å². The summed E-state index contributed by atoms with van der Waals surface area (Å²) in [6, 6.07) is 2.22. The molecule has 2 rings (SSSR count). The first-order valence-corrected chi connectivity index (χ1v) is 5.73. The van der Waals surface area contributed by atoms with Crippen molar-refractivity contribution in [3.8, 4) is 0 Å². The van der Waals surface area contributed by atoms with E-state index in [9.17, 15) is 0 Å². The molecule has 0 atom stereocenters. The summed E-state index contributed by atoms with van der Waals surface area (Å²) in [5.41, 5.74) is 5.55. The minimum absolute atomic E-state index is 1.18. The number of hydrogen-bond donors (Lipinski definition) is 0. The highest BCUT2D eigenvalue weighted by Gasteiger charge is 2.10. The molecule has 14 heavy (non-hydrogen) atoms. The molecule has 1 heterocycles. The molecule has 0 saturated carbocycles. The summed E-state index contributed by atoms with van der Waals surface area (Å²) in [5.74, 6) is 0. The highest BCUT2D eigenvalue weighted by atomic mass is 14.7. The molecule has 1 aromatic heterocycles. The average Bonchev–Trinajstić information content (AvgIpc) is 2.07. The number of pyridine rings is 1. The average molecular weight is 189 g/mol. The van der Waals surface area contributed by atoms with Crippen LogP contribution in [-0.4, -0.2) is 4.98 Å². The van der Waals surface area contributed by atoms with Crippen molar-refractivity contribution in [2.75, 3.05) is 0 Å². The summed E-state index contributed by atoms with van der Waals surface area (Å²) in [4.78, 5) is 4.68. The molecule has 0 spiro atoms. The fourth-order valence-electron chi connectivity index (χ4n) is 2.44. The third-order valence-electron chi connectivity index (χ3n) is 3.15. The Labute approximate surface area is 86.6 Å². The van der Waals surface area contributed by atoms with E-state index in [4.69, 9.17) is 0 Å². The molecule has 0 aliphatic heterocycles. The largest absolute Gasteiger partial charge is 0.258 e. The number of fused-ring (bicyclic) bond motifs is 1. The first-order chi connectivity index (χ1) is 6.77. The van der Waals surface area contributed by atoms with Gasteiger partial charge in [-0.25, -0.2) is 0 Å². The molecule has 0 amide bonds. The van der Waals surface area contributed by atoms with Gasteiger partial charge in [0.25, 0.3) is 0 Å². The Hall–Kier alpha value is -0.850. The minimum Gasteiger partial charge on any atom is -0.258 e. The van der Waals surface area contributed by atoms with Crippen LogP contribution in [0.25, 0.3) is 0 Å². The molecular formula is C13H19N. The van der Waals surface area contributed by atoms with Gasteiger partial charge in [-0.2, -0.15) is 0 Å². The Morgan fingerprint density at radius 1 is 1.00 bits per heavy atom. The third-order valence-corrected chi connectivity index (χ3v) is 3.15. The van der Waals surface area contributed by atoms with Crippen molar-refractivity contribution in [3.63, 3.8) is 0 Å². The molecule has 1 aliphatic carbocycles. The van der Waals surface area contributed by atoms with Crippen LogP contribution in [0.3, 0.4) is 0 Å². The van der Waals surface area contributed by atoms with E-state index in [1.807, 2.05) is 0 Å². The lowest BCUT2D eigenvalue weighted by Gasteiger charge is -2.15. The summed E-state index contributed by atoms with van der Waals surface area (Å²) >= 11 is 0. The van der Waals surface area contributed by atoms with Crippen LogP contribution in [0.15, 0.2) is 6.07 Å². The van der Waals surface area contributed by atoms with Crippen LogP contribution in [0.4, 0.5) is 0 Å². The molecule has 0 bridgehead atoms. The molecule has 1 aliphatic rings. The molecule has 0 unspecified atom stereocenters. The van der Waals surface area contributed by atoms with Crippen molar-refractivity contribution < 1.29 is 0 Å². The predicted octanol–water partition coefficient (Wildman–Crippen LogP) is 3.36. The van der Waals surface area contributed by atoms with Crippen molar-refractivity contribution >= 4 is 0 Å². The van der Waals surface area contributed by atoms with Crippen LogP contribution in [0.2, 0.25) is 0 Å². The Morgan fingerprint density at radius 2 is 1.71 bits per heavy atom. The summed E-state index contributed by atoms with van der Waals surface area (Å²) in [5, 5.41) is 0. The molecule has 1 aromatic rings. The van der Waals surface area contributed by atoms with Crippen LogP contribution in [0, 0.1) is 13.8 Å². The van der Waals surface area contributed by atoms with Crippen LogP contribution in [0.1, 0.15) is 48.2 Å². The van der Waals surface area contributed by atoms with Crippen molar-refractivity contribution in [2.45, 2.75) is 52.4 Å². The van der Waals surface area contributed by atoms with Gasteiger partial charge in [0.1, 0.15) is 0 Å². The molecular weight excluding hydrogens is 170 g/mol. The van der Waals surface area contributed by atoms with Gasteiger partial charge in [0.2, 0.25) is 0 Å². The van der Waals surface area contributed by atoms with Gasteiger partial charge in [-0.1, -0.05) is 12.8 Å². The highest BCUT2D eigenvalue weighted by molar-refractivity contribution is 5.32.